The predicted molar refractivity (Wildman–Crippen MR) is 137 cm³/mol. The molecule has 1 saturated heterocycles. The van der Waals surface area contributed by atoms with Crippen LogP contribution >= 0.6 is 0 Å². The fourth-order valence-electron chi connectivity index (χ4n) is 4.56. The molecule has 0 radical (unpaired) electrons. The Morgan fingerprint density at radius 2 is 1.28 bits per heavy atom. The van der Waals surface area contributed by atoms with E-state index in [1.807, 2.05) is 0 Å². The van der Waals surface area contributed by atoms with Crippen molar-refractivity contribution < 1.29 is 21.6 Å². The van der Waals surface area contributed by atoms with E-state index in [-0.39, 0.29) is 29.4 Å². The number of piperazine rings is 1. The second-order valence-electron chi connectivity index (χ2n) is 9.04. The van der Waals surface area contributed by atoms with Gasteiger partial charge in [-0.1, -0.05) is 55.7 Å². The highest BCUT2D eigenvalue weighted by Crippen LogP contribution is 2.25. The Morgan fingerprint density at radius 1 is 0.750 bits per heavy atom. The van der Waals surface area contributed by atoms with Gasteiger partial charge in [0.05, 0.1) is 9.79 Å². The number of hydrazone groups is 1. The summed E-state index contributed by atoms with van der Waals surface area (Å²) in [6.45, 7) is -0.528. The fourth-order valence-corrected chi connectivity index (χ4v) is 7.61. The molecule has 0 bridgehead atoms. The van der Waals surface area contributed by atoms with Gasteiger partial charge in [-0.15, -0.1) is 0 Å². The standard InChI is InChI=1S/C25H32N4O5S2/c30-25(27-26-21-12-6-2-1-3-7-13-21)24-20-28(35(31,32)22-14-8-4-9-15-22)18-19-29(24)36(33,34)23-16-10-5-11-17-23/h4-5,8-11,14-17,24H,1-3,6-7,12-13,18-20H2,(H,27,30). The van der Waals surface area contributed by atoms with Crippen molar-refractivity contribution in [3.63, 3.8) is 0 Å². The molecule has 1 N–H and O–H groups in total. The number of benzene rings is 2. The first-order chi connectivity index (χ1) is 17.3. The summed E-state index contributed by atoms with van der Waals surface area (Å²) in [7, 11) is -7.95. The van der Waals surface area contributed by atoms with Crippen LogP contribution in [-0.4, -0.2) is 62.7 Å². The number of carbonyl (C=O) groups excluding carboxylic acids is 1. The van der Waals surface area contributed by atoms with E-state index in [2.05, 4.69) is 10.5 Å². The number of rotatable bonds is 6. The van der Waals surface area contributed by atoms with Crippen LogP contribution < -0.4 is 5.43 Å². The average Bonchev–Trinajstić information content (AvgIpc) is 2.88. The van der Waals surface area contributed by atoms with Crippen LogP contribution in [0, 0.1) is 0 Å². The van der Waals surface area contributed by atoms with Crippen molar-refractivity contribution in [3.05, 3.63) is 60.7 Å². The molecule has 2 aromatic carbocycles. The lowest BCUT2D eigenvalue weighted by molar-refractivity contribution is -0.125. The van der Waals surface area contributed by atoms with Crippen LogP contribution in [0.15, 0.2) is 75.6 Å². The normalized spacial score (nSPS) is 20.8. The molecule has 4 rings (SSSR count). The first-order valence-electron chi connectivity index (χ1n) is 12.3. The fraction of sp³-hybridized carbons (Fsp3) is 0.440. The summed E-state index contributed by atoms with van der Waals surface area (Å²) in [4.78, 5) is 13.5. The first-order valence-corrected chi connectivity index (χ1v) is 15.2. The van der Waals surface area contributed by atoms with Gasteiger partial charge in [0.2, 0.25) is 20.0 Å². The highest BCUT2D eigenvalue weighted by Gasteiger charge is 2.43. The zero-order valence-corrected chi connectivity index (χ0v) is 21.8. The van der Waals surface area contributed by atoms with Gasteiger partial charge in [-0.3, -0.25) is 4.79 Å². The average molecular weight is 533 g/mol. The lowest BCUT2D eigenvalue weighted by Crippen LogP contribution is -2.60. The molecule has 1 heterocycles. The van der Waals surface area contributed by atoms with Crippen LogP contribution in [0.5, 0.6) is 0 Å². The Hall–Kier alpha value is -2.60. The van der Waals surface area contributed by atoms with Crippen LogP contribution in [0.1, 0.15) is 44.9 Å². The van der Waals surface area contributed by atoms with E-state index in [1.165, 1.54) is 35.0 Å². The van der Waals surface area contributed by atoms with E-state index >= 15 is 0 Å². The minimum Gasteiger partial charge on any atom is -0.271 e. The van der Waals surface area contributed by atoms with Gasteiger partial charge >= 0.3 is 0 Å². The Balaban J connectivity index is 1.61. The maximum Gasteiger partial charge on any atom is 0.259 e. The van der Waals surface area contributed by atoms with Crippen molar-refractivity contribution in [2.75, 3.05) is 19.6 Å². The first kappa shape index (κ1) is 26.5. The largest absolute Gasteiger partial charge is 0.271 e. The Labute approximate surface area is 213 Å². The summed E-state index contributed by atoms with van der Waals surface area (Å²) in [5.41, 5.74) is 3.44. The molecule has 11 heteroatoms. The topological polar surface area (TPSA) is 116 Å². The van der Waals surface area contributed by atoms with E-state index in [9.17, 15) is 21.6 Å². The van der Waals surface area contributed by atoms with Crippen LogP contribution in [0.3, 0.4) is 0 Å². The van der Waals surface area contributed by atoms with Gasteiger partial charge in [-0.25, -0.2) is 22.3 Å². The van der Waals surface area contributed by atoms with E-state index in [0.717, 1.165) is 48.5 Å². The lowest BCUT2D eigenvalue weighted by atomic mass is 9.99. The summed E-state index contributed by atoms with van der Waals surface area (Å²) in [5, 5.41) is 4.32. The molecule has 2 fully saturated rings. The molecule has 1 aliphatic heterocycles. The third kappa shape index (κ3) is 6.03. The van der Waals surface area contributed by atoms with E-state index < -0.39 is 32.0 Å². The number of carbonyl (C=O) groups is 1. The second kappa shape index (κ2) is 11.6. The highest BCUT2D eigenvalue weighted by atomic mass is 32.2. The third-order valence-corrected chi connectivity index (χ3v) is 10.4. The molecule has 1 unspecified atom stereocenters. The van der Waals surface area contributed by atoms with Gasteiger partial charge in [0, 0.05) is 25.3 Å². The molecular weight excluding hydrogens is 500 g/mol. The smallest absolute Gasteiger partial charge is 0.259 e. The van der Waals surface area contributed by atoms with Gasteiger partial charge in [0.25, 0.3) is 5.91 Å². The van der Waals surface area contributed by atoms with Gasteiger partial charge in [0.15, 0.2) is 0 Å². The van der Waals surface area contributed by atoms with Gasteiger partial charge in [0.1, 0.15) is 6.04 Å². The van der Waals surface area contributed by atoms with Crippen molar-refractivity contribution in [2.45, 2.75) is 60.8 Å². The Kier molecular flexibility index (Phi) is 8.55. The highest BCUT2D eigenvalue weighted by molar-refractivity contribution is 7.89. The number of nitrogens with zero attached hydrogens (tertiary/aromatic N) is 3. The molecule has 194 valence electrons. The number of sulfonamides is 2. The third-order valence-electron chi connectivity index (χ3n) is 6.58. The molecule has 0 aromatic heterocycles. The minimum absolute atomic E-state index is 0.0495. The molecule has 2 aliphatic rings. The molecule has 1 saturated carbocycles. The number of nitrogens with one attached hydrogen (secondary N) is 1. The summed E-state index contributed by atoms with van der Waals surface area (Å²) >= 11 is 0. The predicted octanol–water partition coefficient (Wildman–Crippen LogP) is 2.97. The van der Waals surface area contributed by atoms with Gasteiger partial charge < -0.3 is 0 Å². The molecule has 2 aromatic rings. The van der Waals surface area contributed by atoms with Crippen LogP contribution in [0.25, 0.3) is 0 Å². The number of hydrogen-bond donors (Lipinski definition) is 1. The molecular formula is C25H32N4O5S2. The van der Waals surface area contributed by atoms with Crippen molar-refractivity contribution >= 4 is 31.7 Å². The molecule has 1 atom stereocenters. The summed E-state index contributed by atoms with van der Waals surface area (Å²) in [5.74, 6) is -0.642. The monoisotopic (exact) mass is 532 g/mol. The van der Waals surface area contributed by atoms with E-state index in [4.69, 9.17) is 0 Å². The summed E-state index contributed by atoms with van der Waals surface area (Å²) in [6, 6.07) is 14.5. The Bertz CT molecular complexity index is 1270. The Morgan fingerprint density at radius 3 is 1.86 bits per heavy atom. The van der Waals surface area contributed by atoms with Gasteiger partial charge in [-0.2, -0.15) is 13.7 Å². The quantitative estimate of drug-likeness (QED) is 0.574. The van der Waals surface area contributed by atoms with Crippen LogP contribution in [-0.2, 0) is 24.8 Å². The lowest BCUT2D eigenvalue weighted by Gasteiger charge is -2.38. The molecule has 9 nitrogen and oxygen atoms in total. The van der Waals surface area contributed by atoms with E-state index in [1.54, 1.807) is 36.4 Å². The van der Waals surface area contributed by atoms with Crippen molar-refractivity contribution in [2.24, 2.45) is 5.10 Å². The van der Waals surface area contributed by atoms with Crippen molar-refractivity contribution in [3.8, 4) is 0 Å². The molecule has 1 amide bonds. The van der Waals surface area contributed by atoms with Crippen LogP contribution in [0.2, 0.25) is 0 Å². The maximum atomic E-state index is 13.5. The second-order valence-corrected chi connectivity index (χ2v) is 12.9. The van der Waals surface area contributed by atoms with Crippen molar-refractivity contribution in [1.82, 2.24) is 14.0 Å². The summed E-state index contributed by atoms with van der Waals surface area (Å²) < 4.78 is 55.7. The molecule has 36 heavy (non-hydrogen) atoms. The molecule has 0 spiro atoms. The number of hydrogen-bond acceptors (Lipinski definition) is 6. The number of amides is 1. The maximum absolute atomic E-state index is 13.5. The van der Waals surface area contributed by atoms with Crippen LogP contribution in [0.4, 0.5) is 0 Å². The SMILES string of the molecule is O=C(NN=C1CCCCCCC1)C1CN(S(=O)(=O)c2ccccc2)CCN1S(=O)(=O)c1ccccc1. The minimum atomic E-state index is -4.04. The zero-order valence-electron chi connectivity index (χ0n) is 20.1. The zero-order chi connectivity index (χ0) is 25.6. The van der Waals surface area contributed by atoms with E-state index in [0.29, 0.717) is 0 Å². The van der Waals surface area contributed by atoms with Crippen molar-refractivity contribution in [1.29, 1.82) is 0 Å². The van der Waals surface area contributed by atoms with Gasteiger partial charge in [-0.05, 0) is 49.9 Å². The summed E-state index contributed by atoms with van der Waals surface area (Å²) in [6.07, 6.45) is 6.98. The molecule has 1 aliphatic carbocycles.